The number of hydrogen-bond donors (Lipinski definition) is 0. The van der Waals surface area contributed by atoms with Crippen molar-refractivity contribution < 1.29 is 19.1 Å². The molecule has 26 heavy (non-hydrogen) atoms. The second-order valence-corrected chi connectivity index (χ2v) is 6.84. The first kappa shape index (κ1) is 22.2. The zero-order valence-electron chi connectivity index (χ0n) is 16.4. The van der Waals surface area contributed by atoms with Gasteiger partial charge in [0.1, 0.15) is 5.75 Å². The molecule has 0 aliphatic heterocycles. The van der Waals surface area contributed by atoms with Gasteiger partial charge < -0.3 is 9.47 Å². The van der Waals surface area contributed by atoms with Crippen LogP contribution < -0.4 is 4.74 Å². The number of rotatable bonds is 14. The summed E-state index contributed by atoms with van der Waals surface area (Å²) < 4.78 is 10.5. The minimum Gasteiger partial charge on any atom is -0.466 e. The Hall–Kier alpha value is -1.84. The maximum absolute atomic E-state index is 11.8. The largest absolute Gasteiger partial charge is 0.466 e. The summed E-state index contributed by atoms with van der Waals surface area (Å²) in [5.41, 5.74) is 1.08. The summed E-state index contributed by atoms with van der Waals surface area (Å²) >= 11 is 0. The molecule has 1 aromatic carbocycles. The smallest absolute Gasteiger partial charge is 0.311 e. The molecule has 0 aliphatic rings. The van der Waals surface area contributed by atoms with E-state index >= 15 is 0 Å². The number of benzene rings is 1. The van der Waals surface area contributed by atoms with E-state index in [1.807, 2.05) is 25.1 Å². The maximum atomic E-state index is 11.8. The Morgan fingerprint density at radius 2 is 1.50 bits per heavy atom. The van der Waals surface area contributed by atoms with Crippen LogP contribution >= 0.6 is 0 Å². The fourth-order valence-corrected chi connectivity index (χ4v) is 2.72. The number of carbonyl (C=O) groups is 2. The van der Waals surface area contributed by atoms with Crippen LogP contribution in [0.1, 0.15) is 83.1 Å². The van der Waals surface area contributed by atoms with Gasteiger partial charge in [-0.15, -0.1) is 0 Å². The van der Waals surface area contributed by atoms with E-state index in [9.17, 15) is 9.59 Å². The summed E-state index contributed by atoms with van der Waals surface area (Å²) in [5.74, 6) is 0.387. The number of esters is 2. The third-order valence-corrected chi connectivity index (χ3v) is 4.24. The molecule has 0 atom stereocenters. The predicted molar refractivity (Wildman–Crippen MR) is 104 cm³/mol. The number of unbranched alkanes of at least 4 members (excludes halogenated alkanes) is 7. The van der Waals surface area contributed by atoms with Gasteiger partial charge in [0.2, 0.25) is 0 Å². The Bertz CT molecular complexity index is 525. The summed E-state index contributed by atoms with van der Waals surface area (Å²) in [5, 5.41) is 0. The van der Waals surface area contributed by atoms with Gasteiger partial charge >= 0.3 is 11.9 Å². The molecule has 0 fully saturated rings. The Balaban J connectivity index is 1.92. The highest BCUT2D eigenvalue weighted by atomic mass is 16.5. The molecular formula is C22H34O4. The van der Waals surface area contributed by atoms with Crippen LogP contribution in [-0.4, -0.2) is 18.5 Å². The van der Waals surface area contributed by atoms with E-state index in [-0.39, 0.29) is 11.9 Å². The van der Waals surface area contributed by atoms with Gasteiger partial charge in [-0.2, -0.15) is 0 Å². The molecule has 1 rings (SSSR count). The molecule has 0 aliphatic carbocycles. The summed E-state index contributed by atoms with van der Waals surface area (Å²) in [6.45, 7) is 4.67. The molecule has 0 amide bonds. The molecule has 0 heterocycles. The second kappa shape index (κ2) is 14.3. The van der Waals surface area contributed by atoms with Crippen LogP contribution in [0.25, 0.3) is 0 Å². The van der Waals surface area contributed by atoms with Crippen LogP contribution in [0, 0.1) is 6.92 Å². The van der Waals surface area contributed by atoms with Gasteiger partial charge in [0.15, 0.2) is 0 Å². The van der Waals surface area contributed by atoms with E-state index in [2.05, 4.69) is 6.92 Å². The van der Waals surface area contributed by atoms with Crippen molar-refractivity contribution in [2.75, 3.05) is 6.61 Å². The van der Waals surface area contributed by atoms with E-state index in [0.717, 1.165) is 63.4 Å². The van der Waals surface area contributed by atoms with Crippen molar-refractivity contribution >= 4 is 11.9 Å². The minimum absolute atomic E-state index is 0.0694. The average molecular weight is 363 g/mol. The van der Waals surface area contributed by atoms with Crippen molar-refractivity contribution in [1.82, 2.24) is 0 Å². The summed E-state index contributed by atoms with van der Waals surface area (Å²) in [6.07, 6.45) is 10.2. The molecule has 0 saturated heterocycles. The third-order valence-electron chi connectivity index (χ3n) is 4.24. The third kappa shape index (κ3) is 11.7. The Morgan fingerprint density at radius 1 is 0.846 bits per heavy atom. The van der Waals surface area contributed by atoms with Crippen LogP contribution in [0.3, 0.4) is 0 Å². The van der Waals surface area contributed by atoms with Crippen LogP contribution in [0.2, 0.25) is 0 Å². The highest BCUT2D eigenvalue weighted by Gasteiger charge is 2.05. The first-order valence-corrected chi connectivity index (χ1v) is 10.0. The van der Waals surface area contributed by atoms with E-state index in [4.69, 9.17) is 9.47 Å². The number of hydrogen-bond acceptors (Lipinski definition) is 4. The Labute approximate surface area is 158 Å². The van der Waals surface area contributed by atoms with Crippen molar-refractivity contribution in [2.24, 2.45) is 0 Å². The SMILES string of the molecule is CCCCCOC(=O)CCCCCCCCC(=O)Oc1cccc(C)c1. The standard InChI is InChI=1S/C22H34O4/c1-3-4-11-17-25-21(23)15-9-7-5-6-8-10-16-22(24)26-20-14-12-13-19(2)18-20/h12-14,18H,3-11,15-17H2,1-2H3. The van der Waals surface area contributed by atoms with Crippen molar-refractivity contribution in [3.8, 4) is 5.75 Å². The van der Waals surface area contributed by atoms with Gasteiger partial charge in [-0.05, 0) is 43.9 Å². The molecular weight excluding hydrogens is 328 g/mol. The molecule has 146 valence electrons. The molecule has 0 spiro atoms. The van der Waals surface area contributed by atoms with Crippen molar-refractivity contribution in [3.63, 3.8) is 0 Å². The first-order chi connectivity index (χ1) is 12.6. The molecule has 4 nitrogen and oxygen atoms in total. The van der Waals surface area contributed by atoms with E-state index in [0.29, 0.717) is 25.2 Å². The number of ether oxygens (including phenoxy) is 2. The lowest BCUT2D eigenvalue weighted by Crippen LogP contribution is -2.07. The normalized spacial score (nSPS) is 10.5. The average Bonchev–Trinajstić information content (AvgIpc) is 2.61. The molecule has 4 heteroatoms. The fraction of sp³-hybridized carbons (Fsp3) is 0.636. The van der Waals surface area contributed by atoms with E-state index < -0.39 is 0 Å². The lowest BCUT2D eigenvalue weighted by atomic mass is 10.1. The highest BCUT2D eigenvalue weighted by Crippen LogP contribution is 2.14. The summed E-state index contributed by atoms with van der Waals surface area (Å²) in [7, 11) is 0. The van der Waals surface area contributed by atoms with Gasteiger partial charge in [-0.1, -0.05) is 57.6 Å². The van der Waals surface area contributed by atoms with Gasteiger partial charge in [-0.25, -0.2) is 0 Å². The summed E-state index contributed by atoms with van der Waals surface area (Å²) in [4.78, 5) is 23.3. The number of carbonyl (C=O) groups excluding carboxylic acids is 2. The molecule has 1 aromatic rings. The lowest BCUT2D eigenvalue weighted by Gasteiger charge is -2.05. The van der Waals surface area contributed by atoms with Crippen LogP contribution in [0.5, 0.6) is 5.75 Å². The molecule has 0 bridgehead atoms. The van der Waals surface area contributed by atoms with Gasteiger partial charge in [0, 0.05) is 12.8 Å². The topological polar surface area (TPSA) is 52.6 Å². The fourth-order valence-electron chi connectivity index (χ4n) is 2.72. The summed E-state index contributed by atoms with van der Waals surface area (Å²) in [6, 6.07) is 7.54. The monoisotopic (exact) mass is 362 g/mol. The van der Waals surface area contributed by atoms with Gasteiger partial charge in [-0.3, -0.25) is 9.59 Å². The van der Waals surface area contributed by atoms with Gasteiger partial charge in [0.25, 0.3) is 0 Å². The second-order valence-electron chi connectivity index (χ2n) is 6.84. The Morgan fingerprint density at radius 3 is 2.15 bits per heavy atom. The van der Waals surface area contributed by atoms with Crippen molar-refractivity contribution in [2.45, 2.75) is 84.5 Å². The number of aryl methyl sites for hydroxylation is 1. The van der Waals surface area contributed by atoms with Crippen molar-refractivity contribution in [3.05, 3.63) is 29.8 Å². The zero-order chi connectivity index (χ0) is 19.0. The highest BCUT2D eigenvalue weighted by molar-refractivity contribution is 5.72. The molecule has 0 aromatic heterocycles. The van der Waals surface area contributed by atoms with Crippen LogP contribution in [0.4, 0.5) is 0 Å². The molecule has 0 unspecified atom stereocenters. The molecule has 0 N–H and O–H groups in total. The lowest BCUT2D eigenvalue weighted by molar-refractivity contribution is -0.144. The van der Waals surface area contributed by atoms with Gasteiger partial charge in [0.05, 0.1) is 6.61 Å². The quantitative estimate of drug-likeness (QED) is 0.240. The van der Waals surface area contributed by atoms with E-state index in [1.165, 1.54) is 0 Å². The maximum Gasteiger partial charge on any atom is 0.311 e. The van der Waals surface area contributed by atoms with Crippen LogP contribution in [-0.2, 0) is 14.3 Å². The molecule has 0 saturated carbocycles. The van der Waals surface area contributed by atoms with E-state index in [1.54, 1.807) is 6.07 Å². The minimum atomic E-state index is -0.165. The zero-order valence-corrected chi connectivity index (χ0v) is 16.4. The van der Waals surface area contributed by atoms with Crippen LogP contribution in [0.15, 0.2) is 24.3 Å². The predicted octanol–water partition coefficient (Wildman–Crippen LogP) is 5.75. The molecule has 0 radical (unpaired) electrons. The first-order valence-electron chi connectivity index (χ1n) is 10.0. The Kier molecular flexibility index (Phi) is 12.2. The van der Waals surface area contributed by atoms with Crippen molar-refractivity contribution in [1.29, 1.82) is 0 Å².